The fourth-order valence-corrected chi connectivity index (χ4v) is 2.70. The lowest BCUT2D eigenvalue weighted by Crippen LogP contribution is -2.24. The van der Waals surface area contributed by atoms with Gasteiger partial charge in [0.05, 0.1) is 16.8 Å². The van der Waals surface area contributed by atoms with Crippen LogP contribution in [0.25, 0.3) is 16.8 Å². The van der Waals surface area contributed by atoms with Gasteiger partial charge in [0.1, 0.15) is 0 Å². The summed E-state index contributed by atoms with van der Waals surface area (Å²) in [5, 5.41) is 10.6. The maximum Gasteiger partial charge on any atom is 0.231 e. The van der Waals surface area contributed by atoms with Crippen LogP contribution in [-0.4, -0.2) is 37.8 Å². The largest absolute Gasteiger partial charge is 0.356 e. The molecule has 0 radical (unpaired) electrons. The Kier molecular flexibility index (Phi) is 3.12. The highest BCUT2D eigenvalue weighted by Crippen LogP contribution is 2.22. The number of aromatic nitrogens is 4. The molecule has 0 unspecified atom stereocenters. The van der Waals surface area contributed by atoms with Crippen LogP contribution >= 0.6 is 11.8 Å². The standard InChI is InChI=1S/C12H13N5OS/c1-2-13-10(18)7-19-12-16-15-11-14-8-5-3-4-6-9(8)17(11)12/h3-6H,2,7H2,1H3,(H,13,18)(H,14,15). The van der Waals surface area contributed by atoms with Gasteiger partial charge in [-0.3, -0.25) is 9.20 Å². The third kappa shape index (κ3) is 2.17. The Balaban J connectivity index is 1.93. The monoisotopic (exact) mass is 275 g/mol. The number of nitrogens with one attached hydrogen (secondary N) is 2. The van der Waals surface area contributed by atoms with Gasteiger partial charge in [0.15, 0.2) is 5.16 Å². The highest BCUT2D eigenvalue weighted by Gasteiger charge is 2.12. The molecule has 0 saturated heterocycles. The molecule has 0 aliphatic heterocycles. The van der Waals surface area contributed by atoms with Crippen LogP contribution in [0.5, 0.6) is 0 Å². The van der Waals surface area contributed by atoms with Gasteiger partial charge in [-0.05, 0) is 19.1 Å². The van der Waals surface area contributed by atoms with Gasteiger partial charge >= 0.3 is 0 Å². The molecule has 1 amide bonds. The number of hydrogen-bond acceptors (Lipinski definition) is 4. The summed E-state index contributed by atoms with van der Waals surface area (Å²) in [6, 6.07) is 7.85. The normalized spacial score (nSPS) is 11.2. The summed E-state index contributed by atoms with van der Waals surface area (Å²) < 4.78 is 1.93. The maximum absolute atomic E-state index is 11.5. The van der Waals surface area contributed by atoms with Crippen LogP contribution < -0.4 is 5.32 Å². The summed E-state index contributed by atoms with van der Waals surface area (Å²) in [5.74, 6) is 1.05. The average molecular weight is 275 g/mol. The highest BCUT2D eigenvalue weighted by molar-refractivity contribution is 7.99. The number of carbonyl (C=O) groups is 1. The van der Waals surface area contributed by atoms with Gasteiger partial charge in [-0.15, -0.1) is 5.10 Å². The average Bonchev–Trinajstić information content (AvgIpc) is 2.95. The Labute approximate surface area is 113 Å². The molecule has 3 rings (SSSR count). The number of carbonyl (C=O) groups excluding carboxylic acids is 1. The summed E-state index contributed by atoms with van der Waals surface area (Å²) in [4.78, 5) is 15.9. The number of aromatic amines is 1. The van der Waals surface area contributed by atoms with Gasteiger partial charge < -0.3 is 5.32 Å². The first-order chi connectivity index (χ1) is 9.29. The fourth-order valence-electron chi connectivity index (χ4n) is 1.92. The number of rotatable bonds is 4. The first kappa shape index (κ1) is 12.0. The summed E-state index contributed by atoms with van der Waals surface area (Å²) >= 11 is 1.39. The van der Waals surface area contributed by atoms with E-state index >= 15 is 0 Å². The molecule has 0 bridgehead atoms. The van der Waals surface area contributed by atoms with Crippen LogP contribution in [-0.2, 0) is 4.79 Å². The minimum absolute atomic E-state index is 0.00747. The van der Waals surface area contributed by atoms with Crippen molar-refractivity contribution in [3.05, 3.63) is 24.3 Å². The molecule has 1 aromatic carbocycles. The van der Waals surface area contributed by atoms with Crippen molar-refractivity contribution in [1.29, 1.82) is 0 Å². The van der Waals surface area contributed by atoms with Crippen LogP contribution in [0.2, 0.25) is 0 Å². The lowest BCUT2D eigenvalue weighted by molar-refractivity contribution is -0.118. The number of amides is 1. The molecule has 2 aromatic heterocycles. The molecule has 0 aliphatic carbocycles. The Hall–Kier alpha value is -2.02. The number of para-hydroxylation sites is 2. The molecule has 2 N–H and O–H groups in total. The molecule has 7 heteroatoms. The third-order valence-electron chi connectivity index (χ3n) is 2.71. The fraction of sp³-hybridized carbons (Fsp3) is 0.250. The molecule has 0 aliphatic rings. The van der Waals surface area contributed by atoms with Gasteiger partial charge in [-0.25, -0.2) is 10.1 Å². The Morgan fingerprint density at radius 1 is 1.47 bits per heavy atom. The molecule has 0 fully saturated rings. The van der Waals surface area contributed by atoms with Crippen LogP contribution in [0, 0.1) is 0 Å². The minimum Gasteiger partial charge on any atom is -0.356 e. The van der Waals surface area contributed by atoms with E-state index < -0.39 is 0 Å². The summed E-state index contributed by atoms with van der Waals surface area (Å²) in [5.41, 5.74) is 1.90. The number of thioether (sulfide) groups is 1. The predicted octanol–water partition coefficient (Wildman–Crippen LogP) is 1.44. The van der Waals surface area contributed by atoms with Crippen LogP contribution in [0.4, 0.5) is 0 Å². The van der Waals surface area contributed by atoms with Gasteiger partial charge in [0.2, 0.25) is 11.7 Å². The molecule has 0 atom stereocenters. The smallest absolute Gasteiger partial charge is 0.231 e. The molecule has 0 saturated carbocycles. The topological polar surface area (TPSA) is 75.1 Å². The Bertz CT molecular complexity index is 732. The molecule has 0 spiro atoms. The zero-order valence-corrected chi connectivity index (χ0v) is 11.2. The zero-order valence-electron chi connectivity index (χ0n) is 10.4. The van der Waals surface area contributed by atoms with E-state index in [2.05, 4.69) is 20.5 Å². The van der Waals surface area contributed by atoms with Crippen molar-refractivity contribution in [2.75, 3.05) is 12.3 Å². The second-order valence-corrected chi connectivity index (χ2v) is 4.95. The number of nitrogens with zero attached hydrogens (tertiary/aromatic N) is 3. The van der Waals surface area contributed by atoms with Crippen molar-refractivity contribution in [1.82, 2.24) is 24.9 Å². The van der Waals surface area contributed by atoms with Gasteiger partial charge in [-0.1, -0.05) is 23.9 Å². The molecule has 19 heavy (non-hydrogen) atoms. The van der Waals surface area contributed by atoms with E-state index in [1.807, 2.05) is 35.6 Å². The van der Waals surface area contributed by atoms with E-state index in [0.717, 1.165) is 16.2 Å². The Morgan fingerprint density at radius 2 is 2.32 bits per heavy atom. The number of hydrogen-bond donors (Lipinski definition) is 2. The second kappa shape index (κ2) is 4.93. The first-order valence-electron chi connectivity index (χ1n) is 6.00. The molecule has 98 valence electrons. The van der Waals surface area contributed by atoms with E-state index in [-0.39, 0.29) is 5.91 Å². The number of H-pyrrole nitrogens is 1. The quantitative estimate of drug-likeness (QED) is 0.706. The molecule has 6 nitrogen and oxygen atoms in total. The summed E-state index contributed by atoms with van der Waals surface area (Å²) in [7, 11) is 0. The maximum atomic E-state index is 11.5. The highest BCUT2D eigenvalue weighted by atomic mass is 32.2. The van der Waals surface area contributed by atoms with E-state index in [1.165, 1.54) is 11.8 Å². The first-order valence-corrected chi connectivity index (χ1v) is 6.99. The van der Waals surface area contributed by atoms with Gasteiger partial charge in [0.25, 0.3) is 0 Å². The number of benzene rings is 1. The van der Waals surface area contributed by atoms with Crippen LogP contribution in [0.1, 0.15) is 6.92 Å². The predicted molar refractivity (Wildman–Crippen MR) is 74.3 cm³/mol. The van der Waals surface area contributed by atoms with E-state index in [1.54, 1.807) is 0 Å². The van der Waals surface area contributed by atoms with Crippen LogP contribution in [0.15, 0.2) is 29.4 Å². The van der Waals surface area contributed by atoms with Crippen molar-refractivity contribution < 1.29 is 4.79 Å². The van der Waals surface area contributed by atoms with E-state index in [4.69, 9.17) is 0 Å². The Morgan fingerprint density at radius 3 is 3.16 bits per heavy atom. The second-order valence-electron chi connectivity index (χ2n) is 4.01. The summed E-state index contributed by atoms with van der Waals surface area (Å²) in [6.07, 6.45) is 0. The van der Waals surface area contributed by atoms with Crippen molar-refractivity contribution in [3.8, 4) is 0 Å². The third-order valence-corrected chi connectivity index (χ3v) is 3.65. The number of imidazole rings is 1. The van der Waals surface area contributed by atoms with Crippen molar-refractivity contribution in [2.45, 2.75) is 12.1 Å². The minimum atomic E-state index is 0.00747. The summed E-state index contributed by atoms with van der Waals surface area (Å²) in [6.45, 7) is 2.54. The van der Waals surface area contributed by atoms with Gasteiger partial charge in [-0.2, -0.15) is 0 Å². The molecular weight excluding hydrogens is 262 g/mol. The lowest BCUT2D eigenvalue weighted by atomic mass is 10.3. The molecular formula is C12H13N5OS. The lowest BCUT2D eigenvalue weighted by Gasteiger charge is -2.00. The van der Waals surface area contributed by atoms with Crippen molar-refractivity contribution >= 4 is 34.5 Å². The van der Waals surface area contributed by atoms with Crippen molar-refractivity contribution in [2.24, 2.45) is 0 Å². The van der Waals surface area contributed by atoms with E-state index in [0.29, 0.717) is 18.1 Å². The molecule has 3 aromatic rings. The molecule has 2 heterocycles. The van der Waals surface area contributed by atoms with E-state index in [9.17, 15) is 4.79 Å². The zero-order chi connectivity index (χ0) is 13.2. The van der Waals surface area contributed by atoms with Crippen LogP contribution in [0.3, 0.4) is 0 Å². The SMILES string of the molecule is CCNC(=O)CSc1n[nH]c2nc3ccccc3n12. The number of fused-ring (bicyclic) bond motifs is 3. The van der Waals surface area contributed by atoms with Gasteiger partial charge in [0, 0.05) is 6.54 Å². The van der Waals surface area contributed by atoms with Crippen molar-refractivity contribution in [3.63, 3.8) is 0 Å².